The average Bonchev–Trinajstić information content (AvgIpc) is 2.60. The minimum Gasteiger partial charge on any atom is -0.478 e. The number of hydrogen-bond acceptors (Lipinski definition) is 5. The highest BCUT2D eigenvalue weighted by molar-refractivity contribution is 5.87. The van der Waals surface area contributed by atoms with Gasteiger partial charge in [-0.3, -0.25) is 0 Å². The van der Waals surface area contributed by atoms with Crippen LogP contribution >= 0.6 is 0 Å². The maximum atomic E-state index is 11.4. The third kappa shape index (κ3) is 3.48. The highest BCUT2D eigenvalue weighted by Crippen LogP contribution is 2.61. The number of allylic oxidation sites excluding steroid dienone is 2. The summed E-state index contributed by atoms with van der Waals surface area (Å²) in [6, 6.07) is 0. The van der Waals surface area contributed by atoms with Gasteiger partial charge < -0.3 is 25.5 Å². The monoisotopic (exact) mass is 368 g/mol. The van der Waals surface area contributed by atoms with E-state index >= 15 is 0 Å². The van der Waals surface area contributed by atoms with Crippen molar-refractivity contribution >= 4 is 5.97 Å². The van der Waals surface area contributed by atoms with Crippen molar-refractivity contribution in [3.8, 4) is 0 Å². The Kier molecular flexibility index (Phi) is 6.33. The molecule has 5 N–H and O–H groups in total. The topological polar surface area (TPSA) is 118 Å². The maximum Gasteiger partial charge on any atom is 0.333 e. The lowest BCUT2D eigenvalue weighted by molar-refractivity contribution is -0.151. The summed E-state index contributed by atoms with van der Waals surface area (Å²) in [6.07, 6.45) is 2.90. The number of aliphatic hydroxyl groups excluding tert-OH is 4. The summed E-state index contributed by atoms with van der Waals surface area (Å²) < 4.78 is 0. The van der Waals surface area contributed by atoms with Gasteiger partial charge in [0.2, 0.25) is 0 Å². The molecule has 2 fully saturated rings. The standard InChI is InChI=1S/C20H32O6/c1-12-4-7-16-19(2,9-8-17(24)20(16,3)11-22)14(12)6-5-13(18(25)26)15(23)10-21/h5,14-17,21-24H,1,4,6-11H2,2-3H3,(H,25,26)/b13-5+/t14-,15-,16+,17-,19+,20+/m1/s1. The first-order chi connectivity index (χ1) is 12.1. The van der Waals surface area contributed by atoms with Crippen molar-refractivity contribution < 1.29 is 30.3 Å². The summed E-state index contributed by atoms with van der Waals surface area (Å²) in [4.78, 5) is 11.4. The van der Waals surface area contributed by atoms with Crippen molar-refractivity contribution in [2.75, 3.05) is 13.2 Å². The zero-order valence-corrected chi connectivity index (χ0v) is 15.7. The van der Waals surface area contributed by atoms with E-state index < -0.39 is 30.2 Å². The second-order valence-electron chi connectivity index (χ2n) is 8.43. The van der Waals surface area contributed by atoms with Crippen molar-refractivity contribution in [1.29, 1.82) is 0 Å². The molecule has 0 aliphatic heterocycles. The van der Waals surface area contributed by atoms with Crippen LogP contribution in [0.5, 0.6) is 0 Å². The van der Waals surface area contributed by atoms with Gasteiger partial charge in [0.15, 0.2) is 0 Å². The highest BCUT2D eigenvalue weighted by Gasteiger charge is 2.57. The Labute approximate surface area is 154 Å². The van der Waals surface area contributed by atoms with E-state index in [4.69, 9.17) is 5.11 Å². The first-order valence-electron chi connectivity index (χ1n) is 9.30. The molecule has 6 atom stereocenters. The number of carboxylic acids is 1. The second kappa shape index (κ2) is 7.80. The van der Waals surface area contributed by atoms with Crippen LogP contribution in [0.4, 0.5) is 0 Å². The number of rotatable bonds is 6. The largest absolute Gasteiger partial charge is 0.478 e. The normalized spacial score (nSPS) is 39.4. The Bertz CT molecular complexity index is 585. The third-order valence-corrected chi connectivity index (χ3v) is 7.05. The molecule has 6 nitrogen and oxygen atoms in total. The van der Waals surface area contributed by atoms with Crippen molar-refractivity contribution in [2.45, 2.75) is 58.2 Å². The predicted molar refractivity (Wildman–Crippen MR) is 97.3 cm³/mol. The first-order valence-corrected chi connectivity index (χ1v) is 9.30. The van der Waals surface area contributed by atoms with E-state index in [1.165, 1.54) is 6.08 Å². The zero-order valence-electron chi connectivity index (χ0n) is 15.7. The maximum absolute atomic E-state index is 11.4. The van der Waals surface area contributed by atoms with Gasteiger partial charge in [0.1, 0.15) is 6.10 Å². The predicted octanol–water partition coefficient (Wildman–Crippen LogP) is 1.48. The lowest BCUT2D eigenvalue weighted by atomic mass is 9.46. The van der Waals surface area contributed by atoms with Gasteiger partial charge >= 0.3 is 5.97 Å². The summed E-state index contributed by atoms with van der Waals surface area (Å²) in [7, 11) is 0. The Morgan fingerprint density at radius 3 is 2.54 bits per heavy atom. The number of carboxylic acid groups (broad SMARTS) is 1. The van der Waals surface area contributed by atoms with Crippen LogP contribution in [0.25, 0.3) is 0 Å². The fourth-order valence-corrected chi connectivity index (χ4v) is 5.34. The molecule has 148 valence electrons. The lowest BCUT2D eigenvalue weighted by Crippen LogP contribution is -2.57. The quantitative estimate of drug-likeness (QED) is 0.358. The summed E-state index contributed by atoms with van der Waals surface area (Å²) in [6.45, 7) is 7.54. The Morgan fingerprint density at radius 1 is 1.35 bits per heavy atom. The molecule has 6 heteroatoms. The number of carbonyl (C=O) groups is 1. The molecule has 0 aromatic carbocycles. The smallest absolute Gasteiger partial charge is 0.333 e. The molecule has 26 heavy (non-hydrogen) atoms. The SMILES string of the molecule is C=C1CC[C@@H]2[C@](C)(CO)[C@H](O)CC[C@@]2(C)[C@@H]1C/C=C(/C(=O)O)[C@H](O)CO. The fourth-order valence-electron chi connectivity index (χ4n) is 5.34. The average molecular weight is 368 g/mol. The van der Waals surface area contributed by atoms with Gasteiger partial charge in [-0.25, -0.2) is 4.79 Å². The van der Waals surface area contributed by atoms with E-state index in [9.17, 15) is 25.2 Å². The molecule has 2 saturated carbocycles. The molecule has 2 rings (SSSR count). The molecule has 0 aromatic rings. The number of fused-ring (bicyclic) bond motifs is 1. The van der Waals surface area contributed by atoms with Crippen LogP contribution in [0.15, 0.2) is 23.8 Å². The molecule has 0 unspecified atom stereocenters. The fraction of sp³-hybridized carbons (Fsp3) is 0.750. The van der Waals surface area contributed by atoms with Gasteiger partial charge in [0.05, 0.1) is 24.9 Å². The minimum atomic E-state index is -1.41. The van der Waals surface area contributed by atoms with Crippen molar-refractivity contribution in [3.63, 3.8) is 0 Å². The van der Waals surface area contributed by atoms with Crippen LogP contribution in [0.1, 0.15) is 46.0 Å². The highest BCUT2D eigenvalue weighted by atomic mass is 16.4. The van der Waals surface area contributed by atoms with Crippen molar-refractivity contribution in [3.05, 3.63) is 23.8 Å². The van der Waals surface area contributed by atoms with E-state index in [1.54, 1.807) is 0 Å². The molecular weight excluding hydrogens is 336 g/mol. The number of aliphatic carboxylic acids is 1. The lowest BCUT2D eigenvalue weighted by Gasteiger charge is -2.59. The molecule has 0 heterocycles. The number of aliphatic hydroxyl groups is 4. The van der Waals surface area contributed by atoms with Crippen LogP contribution in [-0.4, -0.2) is 56.9 Å². The van der Waals surface area contributed by atoms with Crippen LogP contribution in [0, 0.1) is 22.7 Å². The van der Waals surface area contributed by atoms with Crippen LogP contribution in [0.3, 0.4) is 0 Å². The zero-order chi connectivity index (χ0) is 19.7. The Morgan fingerprint density at radius 2 is 2.00 bits per heavy atom. The molecule has 0 saturated heterocycles. The minimum absolute atomic E-state index is 0.000122. The van der Waals surface area contributed by atoms with Crippen LogP contribution in [-0.2, 0) is 4.79 Å². The summed E-state index contributed by atoms with van der Waals surface area (Å²) in [5.74, 6) is -1.14. The van der Waals surface area contributed by atoms with Gasteiger partial charge in [-0.05, 0) is 49.4 Å². The van der Waals surface area contributed by atoms with Crippen molar-refractivity contribution in [2.24, 2.45) is 22.7 Å². The summed E-state index contributed by atoms with van der Waals surface area (Å²) in [5.41, 5.74) is 0.0402. The first kappa shape index (κ1) is 21.1. The van der Waals surface area contributed by atoms with E-state index in [0.29, 0.717) is 12.8 Å². The second-order valence-corrected chi connectivity index (χ2v) is 8.43. The molecule has 0 spiro atoms. The summed E-state index contributed by atoms with van der Waals surface area (Å²) >= 11 is 0. The van der Waals surface area contributed by atoms with E-state index in [-0.39, 0.29) is 29.4 Å². The van der Waals surface area contributed by atoms with Crippen LogP contribution in [0.2, 0.25) is 0 Å². The molecule has 2 aliphatic rings. The van der Waals surface area contributed by atoms with E-state index in [1.807, 2.05) is 6.92 Å². The molecule has 0 aromatic heterocycles. The molecule has 0 amide bonds. The Hall–Kier alpha value is -1.21. The van der Waals surface area contributed by atoms with Gasteiger partial charge in [-0.1, -0.05) is 32.1 Å². The van der Waals surface area contributed by atoms with Gasteiger partial charge in [-0.2, -0.15) is 0 Å². The molecule has 0 radical (unpaired) electrons. The van der Waals surface area contributed by atoms with E-state index in [2.05, 4.69) is 13.5 Å². The molecule has 2 aliphatic carbocycles. The molecular formula is C20H32O6. The third-order valence-electron chi connectivity index (χ3n) is 7.05. The van der Waals surface area contributed by atoms with Gasteiger partial charge in [0.25, 0.3) is 0 Å². The van der Waals surface area contributed by atoms with E-state index in [0.717, 1.165) is 24.8 Å². The summed E-state index contributed by atoms with van der Waals surface area (Å²) in [5, 5.41) is 48.6. The van der Waals surface area contributed by atoms with Crippen LogP contribution < -0.4 is 0 Å². The molecule has 0 bridgehead atoms. The van der Waals surface area contributed by atoms with Crippen molar-refractivity contribution in [1.82, 2.24) is 0 Å². The Balaban J connectivity index is 2.35. The number of hydrogen-bond donors (Lipinski definition) is 5. The van der Waals surface area contributed by atoms with Gasteiger partial charge in [0, 0.05) is 5.41 Å². The van der Waals surface area contributed by atoms with Gasteiger partial charge in [-0.15, -0.1) is 0 Å².